The zero-order valence-corrected chi connectivity index (χ0v) is 13.1. The van der Waals surface area contributed by atoms with Gasteiger partial charge in [-0.25, -0.2) is 0 Å². The minimum atomic E-state index is 0.324. The average molecular weight is 264 g/mol. The summed E-state index contributed by atoms with van der Waals surface area (Å²) in [6.45, 7) is 12.2. The maximum absolute atomic E-state index is 4.58. The number of aromatic nitrogens is 2. The predicted octanol–water partition coefficient (Wildman–Crippen LogP) is 2.92. The van der Waals surface area contributed by atoms with Crippen LogP contribution in [-0.2, 0) is 13.6 Å². The summed E-state index contributed by atoms with van der Waals surface area (Å²) >= 11 is 0. The Bertz CT molecular complexity index is 434. The summed E-state index contributed by atoms with van der Waals surface area (Å²) in [5.41, 5.74) is 2.85. The molecule has 0 aliphatic carbocycles. The topological polar surface area (TPSA) is 33.1 Å². The number of anilines is 1. The fourth-order valence-corrected chi connectivity index (χ4v) is 3.00. The van der Waals surface area contributed by atoms with Gasteiger partial charge >= 0.3 is 0 Å². The molecule has 1 aliphatic rings. The number of nitrogens with one attached hydrogen (secondary N) is 1. The Kier molecular flexibility index (Phi) is 4.19. The van der Waals surface area contributed by atoms with Gasteiger partial charge in [-0.15, -0.1) is 0 Å². The standard InChI is InChI=1S/C15H28N4/c1-6-9-16-14-13(12(2)17-18(14)5)11-19-10-7-8-15(19,3)4/h16H,6-11H2,1-5H3. The lowest BCUT2D eigenvalue weighted by Gasteiger charge is -2.31. The molecular weight excluding hydrogens is 236 g/mol. The van der Waals surface area contributed by atoms with Crippen LogP contribution in [0.15, 0.2) is 0 Å². The highest BCUT2D eigenvalue weighted by atomic mass is 15.3. The molecule has 0 spiro atoms. The molecular formula is C15H28N4. The fourth-order valence-electron chi connectivity index (χ4n) is 3.00. The molecule has 2 heterocycles. The van der Waals surface area contributed by atoms with Crippen molar-refractivity contribution in [2.45, 2.75) is 59.0 Å². The van der Waals surface area contributed by atoms with Gasteiger partial charge in [-0.2, -0.15) is 5.10 Å². The van der Waals surface area contributed by atoms with Crippen molar-refractivity contribution in [3.8, 4) is 0 Å². The minimum absolute atomic E-state index is 0.324. The van der Waals surface area contributed by atoms with Crippen molar-refractivity contribution in [2.24, 2.45) is 7.05 Å². The van der Waals surface area contributed by atoms with Crippen LogP contribution in [0.5, 0.6) is 0 Å². The predicted molar refractivity (Wildman–Crippen MR) is 80.4 cm³/mol. The number of nitrogens with zero attached hydrogens (tertiary/aromatic N) is 3. The second kappa shape index (κ2) is 5.53. The van der Waals surface area contributed by atoms with Crippen molar-refractivity contribution in [1.29, 1.82) is 0 Å². The van der Waals surface area contributed by atoms with E-state index in [0.29, 0.717) is 5.54 Å². The van der Waals surface area contributed by atoms with Crippen molar-refractivity contribution >= 4 is 5.82 Å². The Hall–Kier alpha value is -1.03. The Morgan fingerprint density at radius 2 is 2.11 bits per heavy atom. The van der Waals surface area contributed by atoms with Gasteiger partial charge in [-0.05, 0) is 46.6 Å². The highest BCUT2D eigenvalue weighted by Crippen LogP contribution is 2.32. The molecule has 1 N–H and O–H groups in total. The number of hydrogen-bond donors (Lipinski definition) is 1. The van der Waals surface area contributed by atoms with Crippen LogP contribution in [0.4, 0.5) is 5.82 Å². The molecule has 1 aromatic heterocycles. The first-order chi connectivity index (χ1) is 8.95. The molecule has 1 aromatic rings. The zero-order valence-electron chi connectivity index (χ0n) is 13.1. The van der Waals surface area contributed by atoms with Crippen LogP contribution < -0.4 is 5.32 Å². The van der Waals surface area contributed by atoms with Crippen molar-refractivity contribution in [3.63, 3.8) is 0 Å². The number of hydrogen-bond acceptors (Lipinski definition) is 3. The van der Waals surface area contributed by atoms with Crippen molar-refractivity contribution in [2.75, 3.05) is 18.4 Å². The van der Waals surface area contributed by atoms with Crippen molar-refractivity contribution in [1.82, 2.24) is 14.7 Å². The van der Waals surface area contributed by atoms with E-state index in [2.05, 4.69) is 43.0 Å². The van der Waals surface area contributed by atoms with Gasteiger partial charge in [0, 0.05) is 31.2 Å². The van der Waals surface area contributed by atoms with E-state index in [1.54, 1.807) is 0 Å². The highest BCUT2D eigenvalue weighted by molar-refractivity contribution is 5.47. The molecule has 0 bridgehead atoms. The van der Waals surface area contributed by atoms with Gasteiger partial charge in [-0.3, -0.25) is 9.58 Å². The third kappa shape index (κ3) is 2.94. The molecule has 2 rings (SSSR count). The highest BCUT2D eigenvalue weighted by Gasteiger charge is 2.32. The lowest BCUT2D eigenvalue weighted by Crippen LogP contribution is -2.37. The third-order valence-corrected chi connectivity index (χ3v) is 4.31. The van der Waals surface area contributed by atoms with E-state index in [-0.39, 0.29) is 0 Å². The van der Waals surface area contributed by atoms with Crippen LogP contribution in [0.1, 0.15) is 51.3 Å². The van der Waals surface area contributed by atoms with Crippen LogP contribution in [0.2, 0.25) is 0 Å². The van der Waals surface area contributed by atoms with Crippen molar-refractivity contribution < 1.29 is 0 Å². The Balaban J connectivity index is 2.19. The van der Waals surface area contributed by atoms with E-state index in [1.807, 2.05) is 11.7 Å². The number of likely N-dealkylation sites (tertiary alicyclic amines) is 1. The quantitative estimate of drug-likeness (QED) is 0.887. The van der Waals surface area contributed by atoms with Crippen LogP contribution in [0, 0.1) is 6.92 Å². The maximum Gasteiger partial charge on any atom is 0.128 e. The fraction of sp³-hybridized carbons (Fsp3) is 0.800. The molecule has 0 saturated carbocycles. The SMILES string of the molecule is CCCNc1c(CN2CCCC2(C)C)c(C)nn1C. The average Bonchev–Trinajstić information content (AvgIpc) is 2.79. The van der Waals surface area contributed by atoms with Gasteiger partial charge in [0.25, 0.3) is 0 Å². The molecule has 4 nitrogen and oxygen atoms in total. The second-order valence-corrected chi connectivity index (χ2v) is 6.30. The molecule has 108 valence electrons. The van der Waals surface area contributed by atoms with Crippen LogP contribution in [0.25, 0.3) is 0 Å². The molecule has 1 aliphatic heterocycles. The Morgan fingerprint density at radius 3 is 2.68 bits per heavy atom. The van der Waals surface area contributed by atoms with Crippen LogP contribution >= 0.6 is 0 Å². The smallest absolute Gasteiger partial charge is 0.128 e. The lowest BCUT2D eigenvalue weighted by molar-refractivity contribution is 0.166. The summed E-state index contributed by atoms with van der Waals surface area (Å²) in [7, 11) is 2.03. The van der Waals surface area contributed by atoms with E-state index >= 15 is 0 Å². The number of rotatable bonds is 5. The van der Waals surface area contributed by atoms with E-state index in [9.17, 15) is 0 Å². The van der Waals surface area contributed by atoms with Crippen LogP contribution in [0.3, 0.4) is 0 Å². The van der Waals surface area contributed by atoms with E-state index in [4.69, 9.17) is 0 Å². The largest absolute Gasteiger partial charge is 0.370 e. The second-order valence-electron chi connectivity index (χ2n) is 6.30. The van der Waals surface area contributed by atoms with Crippen LogP contribution in [-0.4, -0.2) is 33.3 Å². The zero-order chi connectivity index (χ0) is 14.0. The minimum Gasteiger partial charge on any atom is -0.370 e. The van der Waals surface area contributed by atoms with Gasteiger partial charge in [-0.1, -0.05) is 6.92 Å². The van der Waals surface area contributed by atoms with E-state index < -0.39 is 0 Å². The molecule has 0 aromatic carbocycles. The summed E-state index contributed by atoms with van der Waals surface area (Å²) in [4.78, 5) is 2.59. The molecule has 0 unspecified atom stereocenters. The molecule has 0 radical (unpaired) electrons. The molecule has 0 amide bonds. The first-order valence-electron chi connectivity index (χ1n) is 7.47. The summed E-state index contributed by atoms with van der Waals surface area (Å²) in [6, 6.07) is 0. The monoisotopic (exact) mass is 264 g/mol. The first kappa shape index (κ1) is 14.4. The van der Waals surface area contributed by atoms with Gasteiger partial charge in [0.15, 0.2) is 0 Å². The summed E-state index contributed by atoms with van der Waals surface area (Å²) in [5, 5.41) is 8.11. The molecule has 1 fully saturated rings. The molecule has 1 saturated heterocycles. The lowest BCUT2D eigenvalue weighted by atomic mass is 10.0. The van der Waals surface area contributed by atoms with Crippen molar-refractivity contribution in [3.05, 3.63) is 11.3 Å². The Labute approximate surface area is 117 Å². The molecule has 0 atom stereocenters. The Morgan fingerprint density at radius 1 is 1.37 bits per heavy atom. The molecule has 4 heteroatoms. The van der Waals surface area contributed by atoms with Gasteiger partial charge in [0.1, 0.15) is 5.82 Å². The maximum atomic E-state index is 4.58. The summed E-state index contributed by atoms with van der Waals surface area (Å²) in [6.07, 6.45) is 3.74. The summed E-state index contributed by atoms with van der Waals surface area (Å²) in [5.74, 6) is 1.20. The summed E-state index contributed by atoms with van der Waals surface area (Å²) < 4.78 is 1.99. The normalized spacial score (nSPS) is 19.0. The van der Waals surface area contributed by atoms with Gasteiger partial charge in [0.05, 0.1) is 5.69 Å². The first-order valence-corrected chi connectivity index (χ1v) is 7.47. The van der Waals surface area contributed by atoms with Gasteiger partial charge < -0.3 is 5.32 Å². The van der Waals surface area contributed by atoms with Gasteiger partial charge in [0.2, 0.25) is 0 Å². The number of aryl methyl sites for hydroxylation is 2. The third-order valence-electron chi connectivity index (χ3n) is 4.31. The van der Waals surface area contributed by atoms with E-state index in [1.165, 1.54) is 30.8 Å². The molecule has 19 heavy (non-hydrogen) atoms. The van der Waals surface area contributed by atoms with E-state index in [0.717, 1.165) is 25.2 Å².